The maximum atomic E-state index is 13.2. The van der Waals surface area contributed by atoms with Gasteiger partial charge in [0.15, 0.2) is 11.0 Å². The minimum atomic E-state index is -4.49. The van der Waals surface area contributed by atoms with Gasteiger partial charge in [-0.1, -0.05) is 41.6 Å². The SMILES string of the molecule is NC(=O)CCSc1nnc(-c2ccccc2Cl)n1-c1cccc(C(F)(F)F)c1. The van der Waals surface area contributed by atoms with Crippen molar-refractivity contribution in [2.45, 2.75) is 17.8 Å². The van der Waals surface area contributed by atoms with E-state index in [4.69, 9.17) is 17.3 Å². The fourth-order valence-corrected chi connectivity index (χ4v) is 3.60. The van der Waals surface area contributed by atoms with Crippen molar-refractivity contribution in [2.24, 2.45) is 5.73 Å². The molecule has 0 radical (unpaired) electrons. The maximum absolute atomic E-state index is 13.2. The Morgan fingerprint density at radius 2 is 1.89 bits per heavy atom. The Labute approximate surface area is 167 Å². The number of nitrogens with two attached hydrogens (primary N) is 1. The summed E-state index contributed by atoms with van der Waals surface area (Å²) in [6.07, 6.45) is -4.39. The largest absolute Gasteiger partial charge is 0.416 e. The molecule has 2 N–H and O–H groups in total. The lowest BCUT2D eigenvalue weighted by molar-refractivity contribution is -0.137. The highest BCUT2D eigenvalue weighted by Crippen LogP contribution is 2.35. The molecule has 2 aromatic carbocycles. The number of primary amides is 1. The number of carbonyl (C=O) groups excluding carboxylic acids is 1. The van der Waals surface area contributed by atoms with E-state index in [1.165, 1.54) is 28.5 Å². The highest BCUT2D eigenvalue weighted by molar-refractivity contribution is 7.99. The van der Waals surface area contributed by atoms with Crippen LogP contribution in [0.3, 0.4) is 0 Å². The topological polar surface area (TPSA) is 73.8 Å². The Morgan fingerprint density at radius 1 is 1.14 bits per heavy atom. The zero-order chi connectivity index (χ0) is 20.3. The molecule has 0 saturated carbocycles. The van der Waals surface area contributed by atoms with Crippen LogP contribution in [0, 0.1) is 0 Å². The molecule has 5 nitrogen and oxygen atoms in total. The molecule has 1 amide bonds. The van der Waals surface area contributed by atoms with Crippen LogP contribution >= 0.6 is 23.4 Å². The number of carbonyl (C=O) groups is 1. The number of alkyl halides is 3. The average molecular weight is 427 g/mol. The monoisotopic (exact) mass is 426 g/mol. The summed E-state index contributed by atoms with van der Waals surface area (Å²) < 4.78 is 41.0. The zero-order valence-electron chi connectivity index (χ0n) is 14.3. The van der Waals surface area contributed by atoms with Crippen molar-refractivity contribution in [3.05, 3.63) is 59.1 Å². The number of benzene rings is 2. The van der Waals surface area contributed by atoms with Gasteiger partial charge in [0, 0.05) is 17.7 Å². The molecule has 0 aliphatic heterocycles. The van der Waals surface area contributed by atoms with E-state index in [1.807, 2.05) is 0 Å². The Balaban J connectivity index is 2.12. The van der Waals surface area contributed by atoms with Crippen molar-refractivity contribution in [1.29, 1.82) is 0 Å². The van der Waals surface area contributed by atoms with Gasteiger partial charge in [-0.05, 0) is 30.3 Å². The quantitative estimate of drug-likeness (QED) is 0.586. The number of rotatable bonds is 6. The number of halogens is 4. The number of hydrogen-bond donors (Lipinski definition) is 1. The van der Waals surface area contributed by atoms with Gasteiger partial charge in [0.1, 0.15) is 0 Å². The first-order valence-electron chi connectivity index (χ1n) is 8.06. The molecule has 0 aliphatic carbocycles. The fraction of sp³-hybridized carbons (Fsp3) is 0.167. The molecule has 28 heavy (non-hydrogen) atoms. The summed E-state index contributed by atoms with van der Waals surface area (Å²) in [5.74, 6) is 0.130. The normalized spacial score (nSPS) is 11.6. The van der Waals surface area contributed by atoms with Gasteiger partial charge in [0.2, 0.25) is 5.91 Å². The lowest BCUT2D eigenvalue weighted by Gasteiger charge is -2.13. The highest BCUT2D eigenvalue weighted by Gasteiger charge is 2.31. The molecule has 1 heterocycles. The van der Waals surface area contributed by atoms with E-state index >= 15 is 0 Å². The lowest BCUT2D eigenvalue weighted by Crippen LogP contribution is -2.11. The second-order valence-electron chi connectivity index (χ2n) is 5.73. The van der Waals surface area contributed by atoms with Crippen LogP contribution in [0.4, 0.5) is 13.2 Å². The van der Waals surface area contributed by atoms with Gasteiger partial charge in [-0.25, -0.2) is 0 Å². The molecule has 0 bridgehead atoms. The fourth-order valence-electron chi connectivity index (χ4n) is 2.48. The van der Waals surface area contributed by atoms with Gasteiger partial charge in [0.25, 0.3) is 0 Å². The van der Waals surface area contributed by atoms with Crippen molar-refractivity contribution < 1.29 is 18.0 Å². The van der Waals surface area contributed by atoms with E-state index < -0.39 is 17.6 Å². The highest BCUT2D eigenvalue weighted by atomic mass is 35.5. The third-order valence-electron chi connectivity index (χ3n) is 3.76. The number of thioether (sulfide) groups is 1. The molecule has 10 heteroatoms. The first-order valence-corrected chi connectivity index (χ1v) is 9.43. The number of amides is 1. The molecular formula is C18H14ClF3N4OS. The van der Waals surface area contributed by atoms with Gasteiger partial charge in [-0.2, -0.15) is 13.2 Å². The van der Waals surface area contributed by atoms with Crippen LogP contribution in [0.1, 0.15) is 12.0 Å². The molecule has 3 rings (SSSR count). The van der Waals surface area contributed by atoms with Crippen LogP contribution in [-0.4, -0.2) is 26.4 Å². The molecule has 0 unspecified atom stereocenters. The predicted molar refractivity (Wildman–Crippen MR) is 101 cm³/mol. The van der Waals surface area contributed by atoms with Crippen molar-refractivity contribution in [3.63, 3.8) is 0 Å². The Morgan fingerprint density at radius 3 is 2.57 bits per heavy atom. The van der Waals surface area contributed by atoms with Crippen molar-refractivity contribution >= 4 is 29.3 Å². The number of nitrogens with zero attached hydrogens (tertiary/aromatic N) is 3. The predicted octanol–water partition coefficient (Wildman–Crippen LogP) is 4.57. The van der Waals surface area contributed by atoms with Gasteiger partial charge < -0.3 is 5.73 Å². The third-order valence-corrected chi connectivity index (χ3v) is 5.02. The van der Waals surface area contributed by atoms with Gasteiger partial charge in [0.05, 0.1) is 16.3 Å². The third kappa shape index (κ3) is 4.48. The van der Waals surface area contributed by atoms with Gasteiger partial charge >= 0.3 is 6.18 Å². The number of aromatic nitrogens is 3. The summed E-state index contributed by atoms with van der Waals surface area (Å²) in [7, 11) is 0. The zero-order valence-corrected chi connectivity index (χ0v) is 15.9. The summed E-state index contributed by atoms with van der Waals surface area (Å²) in [5, 5.41) is 8.92. The lowest BCUT2D eigenvalue weighted by atomic mass is 10.1. The molecule has 3 aromatic rings. The van der Waals surface area contributed by atoms with Crippen molar-refractivity contribution in [2.75, 3.05) is 5.75 Å². The molecule has 1 aromatic heterocycles. The Bertz CT molecular complexity index is 1010. The number of hydrogen-bond acceptors (Lipinski definition) is 4. The van der Waals surface area contributed by atoms with Gasteiger partial charge in [-0.3, -0.25) is 9.36 Å². The minimum Gasteiger partial charge on any atom is -0.370 e. The van der Waals surface area contributed by atoms with E-state index in [-0.39, 0.29) is 12.1 Å². The molecule has 0 spiro atoms. The van der Waals surface area contributed by atoms with E-state index in [0.717, 1.165) is 12.1 Å². The summed E-state index contributed by atoms with van der Waals surface area (Å²) in [6.45, 7) is 0. The summed E-state index contributed by atoms with van der Waals surface area (Å²) in [4.78, 5) is 11.0. The first kappa shape index (κ1) is 20.2. The summed E-state index contributed by atoms with van der Waals surface area (Å²) >= 11 is 7.42. The standard InChI is InChI=1S/C18H14ClF3N4OS/c19-14-7-2-1-6-13(14)16-24-25-17(28-9-8-15(23)27)26(16)12-5-3-4-11(10-12)18(20,21)22/h1-7,10H,8-9H2,(H2,23,27). The van der Waals surface area contributed by atoms with Crippen LogP contribution in [-0.2, 0) is 11.0 Å². The van der Waals surface area contributed by atoms with Crippen LogP contribution in [0.15, 0.2) is 53.7 Å². The molecule has 146 valence electrons. The van der Waals surface area contributed by atoms with E-state index in [2.05, 4.69) is 10.2 Å². The smallest absolute Gasteiger partial charge is 0.370 e. The molecule has 0 saturated heterocycles. The van der Waals surface area contributed by atoms with Crippen LogP contribution in [0.2, 0.25) is 5.02 Å². The van der Waals surface area contributed by atoms with Crippen LogP contribution < -0.4 is 5.73 Å². The molecule has 0 fully saturated rings. The molecule has 0 atom stereocenters. The summed E-state index contributed by atoms with van der Waals surface area (Å²) in [5.41, 5.74) is 5.11. The Kier molecular flexibility index (Phi) is 5.95. The van der Waals surface area contributed by atoms with Crippen molar-refractivity contribution in [3.8, 4) is 17.1 Å². The molecule has 0 aliphatic rings. The van der Waals surface area contributed by atoms with Crippen LogP contribution in [0.25, 0.3) is 17.1 Å². The second-order valence-corrected chi connectivity index (χ2v) is 7.20. The maximum Gasteiger partial charge on any atom is 0.416 e. The van der Waals surface area contributed by atoms with E-state index in [1.54, 1.807) is 24.3 Å². The average Bonchev–Trinajstić information content (AvgIpc) is 3.05. The Hall–Kier alpha value is -2.52. The van der Waals surface area contributed by atoms with Crippen LogP contribution in [0.5, 0.6) is 0 Å². The summed E-state index contributed by atoms with van der Waals surface area (Å²) in [6, 6.07) is 11.7. The van der Waals surface area contributed by atoms with Crippen molar-refractivity contribution in [1.82, 2.24) is 14.8 Å². The van der Waals surface area contributed by atoms with E-state index in [9.17, 15) is 18.0 Å². The second kappa shape index (κ2) is 8.24. The van der Waals surface area contributed by atoms with E-state index in [0.29, 0.717) is 27.3 Å². The molecular weight excluding hydrogens is 413 g/mol. The van der Waals surface area contributed by atoms with Gasteiger partial charge in [-0.15, -0.1) is 10.2 Å². The minimum absolute atomic E-state index is 0.0988. The first-order chi connectivity index (χ1) is 13.3.